The Morgan fingerprint density at radius 3 is 2.26 bits per heavy atom. The molecule has 6 aromatic rings. The Labute approximate surface area is 339 Å². The van der Waals surface area contributed by atoms with E-state index in [1.165, 1.54) is 0 Å². The van der Waals surface area contributed by atoms with Gasteiger partial charge < -0.3 is 24.6 Å². The van der Waals surface area contributed by atoms with Gasteiger partial charge in [0.15, 0.2) is 17.6 Å². The van der Waals surface area contributed by atoms with Crippen molar-refractivity contribution in [2.45, 2.75) is 70.8 Å². The third kappa shape index (κ3) is 8.31. The van der Waals surface area contributed by atoms with Crippen LogP contribution in [0.3, 0.4) is 0 Å². The lowest BCUT2D eigenvalue weighted by atomic mass is 9.89. The maximum Gasteiger partial charge on any atom is 0.326 e. The average molecular weight is 774 g/mol. The first kappa shape index (κ1) is 38.4. The number of carboxylic acid groups (broad SMARTS) is 1. The van der Waals surface area contributed by atoms with Gasteiger partial charge in [-0.1, -0.05) is 91.9 Å². The van der Waals surface area contributed by atoms with E-state index in [9.17, 15) is 14.7 Å². The lowest BCUT2D eigenvalue weighted by molar-refractivity contribution is -0.143. The van der Waals surface area contributed by atoms with Gasteiger partial charge in [0.2, 0.25) is 5.91 Å². The molecule has 2 N–H and O–H groups in total. The van der Waals surface area contributed by atoms with Crippen LogP contribution in [0.15, 0.2) is 134 Å². The molecule has 1 aromatic heterocycles. The minimum atomic E-state index is -1.11. The topological polar surface area (TPSA) is 110 Å². The third-order valence-electron chi connectivity index (χ3n) is 11.4. The molecule has 1 unspecified atom stereocenters. The maximum absolute atomic E-state index is 14.4. The number of nitrogens with zero attached hydrogens (tertiary/aromatic N) is 2. The van der Waals surface area contributed by atoms with E-state index in [0.29, 0.717) is 31.1 Å². The molecule has 0 spiro atoms. The molecule has 0 bridgehead atoms. The van der Waals surface area contributed by atoms with Gasteiger partial charge in [0.25, 0.3) is 0 Å². The number of fused-ring (bicyclic) bond motifs is 2. The SMILES string of the molecule is CC[C@@H](c1ccccc1)N1Cc2cc3c(cc2C[C@H]1C(=O)NC(Cc1ccc(-c2ccnc(C)c2C)cc1)C(=O)O)OC[C@H](c1ccc(Oc2ccccc2)cc1)O3. The predicted molar refractivity (Wildman–Crippen MR) is 223 cm³/mol. The summed E-state index contributed by atoms with van der Waals surface area (Å²) in [6.07, 6.45) is 2.78. The highest BCUT2D eigenvalue weighted by Gasteiger charge is 2.38. The molecule has 1 amide bonds. The molecular weight excluding hydrogens is 727 g/mol. The van der Waals surface area contributed by atoms with Crippen molar-refractivity contribution in [3.8, 4) is 34.1 Å². The summed E-state index contributed by atoms with van der Waals surface area (Å²) >= 11 is 0. The van der Waals surface area contributed by atoms with E-state index in [-0.39, 0.29) is 24.5 Å². The number of hydrogen-bond acceptors (Lipinski definition) is 7. The highest BCUT2D eigenvalue weighted by atomic mass is 16.6. The lowest BCUT2D eigenvalue weighted by Gasteiger charge is -2.42. The van der Waals surface area contributed by atoms with Gasteiger partial charge in [0, 0.05) is 30.9 Å². The van der Waals surface area contributed by atoms with Gasteiger partial charge >= 0.3 is 5.97 Å². The van der Waals surface area contributed by atoms with Crippen molar-refractivity contribution in [2.75, 3.05) is 6.61 Å². The standard InChI is InChI=1S/C49H47N3O6/c1-4-43(35-11-7-5-8-12-35)52-29-38-28-46-45(56-30-47(58-46)36-19-21-40(22-20-36)57-39-13-9-6-10-14-39)27-37(38)26-44(52)48(53)51-42(49(54)55)25-33-15-17-34(18-16-33)41-23-24-50-32(3)31(41)2/h5-24,27-28,42-44,47H,4,25-26,29-30H2,1-3H3,(H,51,53)(H,54,55)/t42?,43-,44-,47+/m0/s1. The summed E-state index contributed by atoms with van der Waals surface area (Å²) in [5.74, 6) is 1.39. The predicted octanol–water partition coefficient (Wildman–Crippen LogP) is 9.36. The number of para-hydroxylation sites is 1. The Bertz CT molecular complexity index is 2390. The first-order valence-electron chi connectivity index (χ1n) is 19.9. The van der Waals surface area contributed by atoms with Crippen LogP contribution in [-0.4, -0.2) is 45.6 Å². The molecule has 5 aromatic carbocycles. The molecule has 2 aliphatic heterocycles. The minimum absolute atomic E-state index is 0.0845. The summed E-state index contributed by atoms with van der Waals surface area (Å²) in [6.45, 7) is 6.95. The number of aliphatic carboxylic acids is 1. The van der Waals surface area contributed by atoms with E-state index < -0.39 is 18.1 Å². The fourth-order valence-electron chi connectivity index (χ4n) is 8.10. The second kappa shape index (κ2) is 17.0. The van der Waals surface area contributed by atoms with Crippen molar-refractivity contribution in [1.29, 1.82) is 0 Å². The largest absolute Gasteiger partial charge is 0.485 e. The second-order valence-corrected chi connectivity index (χ2v) is 15.1. The van der Waals surface area contributed by atoms with Gasteiger partial charge in [-0.25, -0.2) is 4.79 Å². The van der Waals surface area contributed by atoms with Crippen molar-refractivity contribution in [3.05, 3.63) is 173 Å². The quantitative estimate of drug-likeness (QED) is 0.127. The zero-order valence-electron chi connectivity index (χ0n) is 32.9. The van der Waals surface area contributed by atoms with Crippen LogP contribution in [0.4, 0.5) is 0 Å². The fourth-order valence-corrected chi connectivity index (χ4v) is 8.10. The Balaban J connectivity index is 1.02. The van der Waals surface area contributed by atoms with Crippen molar-refractivity contribution >= 4 is 11.9 Å². The molecule has 9 nitrogen and oxygen atoms in total. The van der Waals surface area contributed by atoms with E-state index in [1.54, 1.807) is 6.20 Å². The van der Waals surface area contributed by atoms with Crippen LogP contribution < -0.4 is 19.5 Å². The molecule has 0 radical (unpaired) electrons. The molecule has 8 rings (SSSR count). The molecule has 0 fully saturated rings. The van der Waals surface area contributed by atoms with E-state index >= 15 is 0 Å². The molecule has 2 aliphatic rings. The van der Waals surface area contributed by atoms with E-state index in [4.69, 9.17) is 14.2 Å². The number of amides is 1. The molecule has 0 aliphatic carbocycles. The number of aromatic nitrogens is 1. The number of carboxylic acids is 1. The molecule has 4 atom stereocenters. The molecular formula is C49H47N3O6. The number of benzene rings is 5. The number of nitrogens with one attached hydrogen (secondary N) is 1. The molecule has 9 heteroatoms. The summed E-state index contributed by atoms with van der Waals surface area (Å²) < 4.78 is 18.9. The van der Waals surface area contributed by atoms with E-state index in [2.05, 4.69) is 34.3 Å². The zero-order chi connectivity index (χ0) is 40.2. The molecule has 3 heterocycles. The van der Waals surface area contributed by atoms with Crippen LogP contribution in [0.2, 0.25) is 0 Å². The average Bonchev–Trinajstić information content (AvgIpc) is 3.25. The van der Waals surface area contributed by atoms with Crippen LogP contribution >= 0.6 is 0 Å². The summed E-state index contributed by atoms with van der Waals surface area (Å²) in [4.78, 5) is 33.7. The number of pyridine rings is 1. The molecule has 0 saturated heterocycles. The van der Waals surface area contributed by atoms with Gasteiger partial charge in [-0.2, -0.15) is 0 Å². The number of carbonyl (C=O) groups is 2. The van der Waals surface area contributed by atoms with Crippen LogP contribution in [0.25, 0.3) is 11.1 Å². The van der Waals surface area contributed by atoms with Gasteiger partial charge in [0.05, 0.1) is 6.04 Å². The zero-order valence-corrected chi connectivity index (χ0v) is 32.9. The lowest BCUT2D eigenvalue weighted by Crippen LogP contribution is -2.55. The van der Waals surface area contributed by atoms with Gasteiger partial charge in [-0.05, 0) is 114 Å². The highest BCUT2D eigenvalue weighted by Crippen LogP contribution is 2.43. The third-order valence-corrected chi connectivity index (χ3v) is 11.4. The summed E-state index contributed by atoms with van der Waals surface area (Å²) in [5, 5.41) is 13.3. The van der Waals surface area contributed by atoms with Crippen molar-refractivity contribution in [2.24, 2.45) is 0 Å². The summed E-state index contributed by atoms with van der Waals surface area (Å²) in [5.41, 5.74) is 9.09. The van der Waals surface area contributed by atoms with Crippen molar-refractivity contribution < 1.29 is 28.9 Å². The monoisotopic (exact) mass is 773 g/mol. The molecule has 294 valence electrons. The second-order valence-electron chi connectivity index (χ2n) is 15.1. The van der Waals surface area contributed by atoms with Crippen molar-refractivity contribution in [3.63, 3.8) is 0 Å². The highest BCUT2D eigenvalue weighted by molar-refractivity contribution is 5.87. The number of ether oxygens (including phenoxy) is 3. The first-order chi connectivity index (χ1) is 28.2. The molecule has 0 saturated carbocycles. The van der Waals surface area contributed by atoms with Crippen LogP contribution in [0.1, 0.15) is 64.6 Å². The van der Waals surface area contributed by atoms with Gasteiger partial charge in [-0.15, -0.1) is 0 Å². The van der Waals surface area contributed by atoms with E-state index in [1.807, 2.05) is 129 Å². The summed E-state index contributed by atoms with van der Waals surface area (Å²) in [7, 11) is 0. The van der Waals surface area contributed by atoms with E-state index in [0.717, 1.165) is 68.1 Å². The Kier molecular flexibility index (Phi) is 11.2. The Hall–Kier alpha value is -6.45. The Morgan fingerprint density at radius 1 is 0.862 bits per heavy atom. The Morgan fingerprint density at radius 2 is 1.55 bits per heavy atom. The minimum Gasteiger partial charge on any atom is -0.485 e. The van der Waals surface area contributed by atoms with Crippen molar-refractivity contribution in [1.82, 2.24) is 15.2 Å². The number of carbonyl (C=O) groups excluding carboxylic acids is 1. The van der Waals surface area contributed by atoms with Crippen LogP contribution in [-0.2, 0) is 29.0 Å². The van der Waals surface area contributed by atoms with Gasteiger partial charge in [-0.3, -0.25) is 14.7 Å². The first-order valence-corrected chi connectivity index (χ1v) is 19.9. The molecule has 58 heavy (non-hydrogen) atoms. The summed E-state index contributed by atoms with van der Waals surface area (Å²) in [6, 6.07) is 39.8. The number of rotatable bonds is 12. The smallest absolute Gasteiger partial charge is 0.326 e. The fraction of sp³-hybridized carbons (Fsp3) is 0.245. The number of aryl methyl sites for hydroxylation is 1. The van der Waals surface area contributed by atoms with Gasteiger partial charge in [0.1, 0.15) is 24.1 Å². The van der Waals surface area contributed by atoms with Crippen LogP contribution in [0.5, 0.6) is 23.0 Å². The number of hydrogen-bond donors (Lipinski definition) is 2. The maximum atomic E-state index is 14.4. The van der Waals surface area contributed by atoms with Crippen LogP contribution in [0, 0.1) is 13.8 Å². The normalized spacial score (nSPS) is 17.1.